The Kier molecular flexibility index (Phi) is 6.31. The predicted molar refractivity (Wildman–Crippen MR) is 77.1 cm³/mol. The Hall–Kier alpha value is -1.75. The molecular formula is C15H23NO4. The standard InChI is InChI=1S/C15H23NO4/c1-10(2)20-13-7-6-12(8-14(13)18-4)9-16-11(3)15(17)19-5/h6-8,10-11,16H,9H2,1-5H3/t11-/m0/s1. The molecule has 1 aromatic carbocycles. The van der Waals surface area contributed by atoms with Crippen LogP contribution in [-0.4, -0.2) is 32.3 Å². The van der Waals surface area contributed by atoms with Crippen molar-refractivity contribution in [3.63, 3.8) is 0 Å². The van der Waals surface area contributed by atoms with Crippen LogP contribution < -0.4 is 14.8 Å². The second-order valence-corrected chi connectivity index (χ2v) is 4.78. The fraction of sp³-hybridized carbons (Fsp3) is 0.533. The van der Waals surface area contributed by atoms with Crippen molar-refractivity contribution >= 4 is 5.97 Å². The minimum absolute atomic E-state index is 0.0900. The second-order valence-electron chi connectivity index (χ2n) is 4.78. The van der Waals surface area contributed by atoms with Crippen molar-refractivity contribution in [2.45, 2.75) is 39.5 Å². The molecule has 0 heterocycles. The van der Waals surface area contributed by atoms with Crippen LogP contribution in [0.25, 0.3) is 0 Å². The summed E-state index contributed by atoms with van der Waals surface area (Å²) in [4.78, 5) is 11.3. The molecule has 0 aliphatic carbocycles. The van der Waals surface area contributed by atoms with Gasteiger partial charge in [0.1, 0.15) is 6.04 Å². The Morgan fingerprint density at radius 2 is 1.90 bits per heavy atom. The number of methoxy groups -OCH3 is 2. The number of ether oxygens (including phenoxy) is 3. The van der Waals surface area contributed by atoms with E-state index < -0.39 is 0 Å². The molecule has 0 saturated heterocycles. The van der Waals surface area contributed by atoms with Gasteiger partial charge in [0.2, 0.25) is 0 Å². The summed E-state index contributed by atoms with van der Waals surface area (Å²) >= 11 is 0. The summed E-state index contributed by atoms with van der Waals surface area (Å²) in [5.41, 5.74) is 1.01. The van der Waals surface area contributed by atoms with Crippen molar-refractivity contribution in [1.29, 1.82) is 0 Å². The van der Waals surface area contributed by atoms with E-state index in [-0.39, 0.29) is 18.1 Å². The summed E-state index contributed by atoms with van der Waals surface area (Å²) in [6.45, 7) is 6.24. The highest BCUT2D eigenvalue weighted by molar-refractivity contribution is 5.75. The van der Waals surface area contributed by atoms with Crippen molar-refractivity contribution in [2.24, 2.45) is 0 Å². The van der Waals surface area contributed by atoms with Crippen LogP contribution in [0.4, 0.5) is 0 Å². The van der Waals surface area contributed by atoms with Gasteiger partial charge in [-0.15, -0.1) is 0 Å². The van der Waals surface area contributed by atoms with Crippen molar-refractivity contribution in [2.75, 3.05) is 14.2 Å². The lowest BCUT2D eigenvalue weighted by Crippen LogP contribution is -2.34. The molecule has 1 rings (SSSR count). The van der Waals surface area contributed by atoms with Crippen molar-refractivity contribution in [3.05, 3.63) is 23.8 Å². The maximum Gasteiger partial charge on any atom is 0.322 e. The molecule has 0 saturated carbocycles. The minimum atomic E-state index is -0.349. The van der Waals surface area contributed by atoms with E-state index in [0.717, 1.165) is 5.56 Å². The molecule has 0 fully saturated rings. The number of carbonyl (C=O) groups is 1. The quantitative estimate of drug-likeness (QED) is 0.776. The van der Waals surface area contributed by atoms with Gasteiger partial charge in [-0.1, -0.05) is 6.07 Å². The molecule has 0 unspecified atom stereocenters. The molecule has 1 N–H and O–H groups in total. The van der Waals surface area contributed by atoms with Crippen molar-refractivity contribution in [1.82, 2.24) is 5.32 Å². The summed E-state index contributed by atoms with van der Waals surface area (Å²) in [5.74, 6) is 1.12. The monoisotopic (exact) mass is 281 g/mol. The van der Waals surface area contributed by atoms with Crippen LogP contribution in [0.1, 0.15) is 26.3 Å². The minimum Gasteiger partial charge on any atom is -0.493 e. The van der Waals surface area contributed by atoms with E-state index in [9.17, 15) is 4.79 Å². The van der Waals surface area contributed by atoms with Gasteiger partial charge in [0.25, 0.3) is 0 Å². The third-order valence-electron chi connectivity index (χ3n) is 2.76. The van der Waals surface area contributed by atoms with E-state index in [1.807, 2.05) is 32.0 Å². The second kappa shape index (κ2) is 7.75. The van der Waals surface area contributed by atoms with Gasteiger partial charge in [-0.2, -0.15) is 0 Å². The number of nitrogens with one attached hydrogen (secondary N) is 1. The van der Waals surface area contributed by atoms with Gasteiger partial charge in [0, 0.05) is 6.54 Å². The largest absolute Gasteiger partial charge is 0.493 e. The maximum atomic E-state index is 11.3. The Balaban J connectivity index is 2.70. The molecule has 1 aromatic rings. The lowest BCUT2D eigenvalue weighted by Gasteiger charge is -2.15. The van der Waals surface area contributed by atoms with E-state index in [2.05, 4.69) is 10.1 Å². The van der Waals surface area contributed by atoms with Crippen LogP contribution in [0.2, 0.25) is 0 Å². The van der Waals surface area contributed by atoms with Crippen LogP contribution in [0.15, 0.2) is 18.2 Å². The molecule has 0 amide bonds. The molecule has 0 aliphatic heterocycles. The van der Waals surface area contributed by atoms with Gasteiger partial charge in [0.05, 0.1) is 20.3 Å². The van der Waals surface area contributed by atoms with Gasteiger partial charge in [0.15, 0.2) is 11.5 Å². The highest BCUT2D eigenvalue weighted by Gasteiger charge is 2.13. The summed E-state index contributed by atoms with van der Waals surface area (Å²) < 4.78 is 15.6. The van der Waals surface area contributed by atoms with Crippen LogP contribution >= 0.6 is 0 Å². The third kappa shape index (κ3) is 4.74. The number of benzene rings is 1. The van der Waals surface area contributed by atoms with Gasteiger partial charge in [-0.3, -0.25) is 4.79 Å². The molecule has 0 bridgehead atoms. The molecule has 0 radical (unpaired) electrons. The molecule has 0 aromatic heterocycles. The van der Waals surface area contributed by atoms with Crippen molar-refractivity contribution < 1.29 is 19.0 Å². The summed E-state index contributed by atoms with van der Waals surface area (Å²) in [7, 11) is 2.98. The van der Waals surface area contributed by atoms with Crippen LogP contribution in [0.3, 0.4) is 0 Å². The normalized spacial score (nSPS) is 12.1. The van der Waals surface area contributed by atoms with Gasteiger partial charge in [-0.25, -0.2) is 0 Å². The molecule has 112 valence electrons. The fourth-order valence-corrected chi connectivity index (χ4v) is 1.70. The Bertz CT molecular complexity index is 445. The highest BCUT2D eigenvalue weighted by atomic mass is 16.5. The van der Waals surface area contributed by atoms with Crippen molar-refractivity contribution in [3.8, 4) is 11.5 Å². The molecule has 20 heavy (non-hydrogen) atoms. The first-order chi connectivity index (χ1) is 9.47. The van der Waals surface area contributed by atoms with Crippen LogP contribution in [0.5, 0.6) is 11.5 Å². The number of carbonyl (C=O) groups excluding carboxylic acids is 1. The number of esters is 1. The maximum absolute atomic E-state index is 11.3. The van der Waals surface area contributed by atoms with E-state index in [0.29, 0.717) is 18.0 Å². The van der Waals surface area contributed by atoms with Gasteiger partial charge < -0.3 is 19.5 Å². The average Bonchev–Trinajstić information content (AvgIpc) is 2.44. The lowest BCUT2D eigenvalue weighted by atomic mass is 10.2. The summed E-state index contributed by atoms with van der Waals surface area (Å²) in [6.07, 6.45) is 0.0900. The molecular weight excluding hydrogens is 258 g/mol. The topological polar surface area (TPSA) is 56.8 Å². The van der Waals surface area contributed by atoms with Crippen LogP contribution in [0, 0.1) is 0 Å². The zero-order valence-corrected chi connectivity index (χ0v) is 12.7. The number of rotatable bonds is 7. The zero-order valence-electron chi connectivity index (χ0n) is 12.7. The summed E-state index contributed by atoms with van der Waals surface area (Å²) in [5, 5.41) is 3.09. The zero-order chi connectivity index (χ0) is 15.1. The highest BCUT2D eigenvalue weighted by Crippen LogP contribution is 2.28. The average molecular weight is 281 g/mol. The number of hydrogen-bond donors (Lipinski definition) is 1. The predicted octanol–water partition coefficient (Wildman–Crippen LogP) is 2.13. The van der Waals surface area contributed by atoms with E-state index >= 15 is 0 Å². The van der Waals surface area contributed by atoms with E-state index in [4.69, 9.17) is 9.47 Å². The Labute approximate surface area is 120 Å². The smallest absolute Gasteiger partial charge is 0.322 e. The van der Waals surface area contributed by atoms with E-state index in [1.165, 1.54) is 7.11 Å². The third-order valence-corrected chi connectivity index (χ3v) is 2.76. The first kappa shape index (κ1) is 16.3. The van der Waals surface area contributed by atoms with Gasteiger partial charge >= 0.3 is 5.97 Å². The molecule has 5 nitrogen and oxygen atoms in total. The van der Waals surface area contributed by atoms with Crippen LogP contribution in [-0.2, 0) is 16.1 Å². The lowest BCUT2D eigenvalue weighted by molar-refractivity contribution is -0.142. The fourth-order valence-electron chi connectivity index (χ4n) is 1.70. The first-order valence-electron chi connectivity index (χ1n) is 6.62. The van der Waals surface area contributed by atoms with E-state index in [1.54, 1.807) is 14.0 Å². The Morgan fingerprint density at radius 1 is 1.20 bits per heavy atom. The molecule has 0 spiro atoms. The number of hydrogen-bond acceptors (Lipinski definition) is 5. The van der Waals surface area contributed by atoms with Gasteiger partial charge in [-0.05, 0) is 38.5 Å². The first-order valence-corrected chi connectivity index (χ1v) is 6.62. The molecule has 0 aliphatic rings. The molecule has 5 heteroatoms. The Morgan fingerprint density at radius 3 is 2.45 bits per heavy atom. The summed E-state index contributed by atoms with van der Waals surface area (Å²) in [6, 6.07) is 5.36. The molecule has 1 atom stereocenters. The SMILES string of the molecule is COC(=O)[C@H](C)NCc1ccc(OC(C)C)c(OC)c1.